The Balaban J connectivity index is 2.01. The van der Waals surface area contributed by atoms with Gasteiger partial charge in [0.1, 0.15) is 24.1 Å². The van der Waals surface area contributed by atoms with Crippen molar-refractivity contribution >= 4 is 29.2 Å². The molecular weight excluding hydrogens is 535 g/mol. The van der Waals surface area contributed by atoms with E-state index in [0.29, 0.717) is 32.4 Å². The summed E-state index contributed by atoms with van der Waals surface area (Å²) < 4.78 is 25.8. The van der Waals surface area contributed by atoms with E-state index >= 15 is 0 Å². The maximum absolute atomic E-state index is 14.7. The van der Waals surface area contributed by atoms with Gasteiger partial charge < -0.3 is 29.5 Å². The summed E-state index contributed by atoms with van der Waals surface area (Å²) in [6, 6.07) is 9.18. The Morgan fingerprint density at radius 1 is 1.18 bits per heavy atom. The standard InChI is InChI=1S/C30H41FN2O6S/c1-21(2)17-22-18-32(30(37)24-10-4-5-11-25(24)31)19-27(38-3)29(36)26(34)20-39-15-7-6-14-33(22)28(35)13-12-23-9-8-16-40-23/h4-5,8-13,16,21-22,26-27,29,34,36H,6-7,14-15,17-20H2,1-3H3/b13-12+/t22-,26-,27-,29-/m1/s1. The number of ether oxygens (including phenoxy) is 2. The fourth-order valence-corrected chi connectivity index (χ4v) is 5.45. The summed E-state index contributed by atoms with van der Waals surface area (Å²) in [6.45, 7) is 4.77. The minimum atomic E-state index is -1.35. The monoisotopic (exact) mass is 576 g/mol. The molecule has 1 aromatic carbocycles. The lowest BCUT2D eigenvalue weighted by atomic mass is 9.99. The van der Waals surface area contributed by atoms with Gasteiger partial charge in [-0.1, -0.05) is 32.0 Å². The van der Waals surface area contributed by atoms with Gasteiger partial charge >= 0.3 is 0 Å². The van der Waals surface area contributed by atoms with Gasteiger partial charge in [0.15, 0.2) is 0 Å². The number of aliphatic hydroxyl groups is 2. The average Bonchev–Trinajstić information content (AvgIpc) is 3.45. The van der Waals surface area contributed by atoms with Crippen LogP contribution in [-0.2, 0) is 14.3 Å². The third kappa shape index (κ3) is 9.21. The Morgan fingerprint density at radius 3 is 2.62 bits per heavy atom. The van der Waals surface area contributed by atoms with Crippen molar-refractivity contribution in [2.75, 3.05) is 40.0 Å². The Hall–Kier alpha value is -2.63. The van der Waals surface area contributed by atoms with Crippen molar-refractivity contribution in [1.82, 2.24) is 9.80 Å². The number of carbonyl (C=O) groups excluding carboxylic acids is 2. The molecule has 1 aromatic heterocycles. The highest BCUT2D eigenvalue weighted by molar-refractivity contribution is 7.10. The fourth-order valence-electron chi connectivity index (χ4n) is 4.83. The van der Waals surface area contributed by atoms with E-state index in [-0.39, 0.29) is 43.1 Å². The van der Waals surface area contributed by atoms with Crippen LogP contribution in [0.4, 0.5) is 4.39 Å². The van der Waals surface area contributed by atoms with E-state index in [2.05, 4.69) is 0 Å². The van der Waals surface area contributed by atoms with Gasteiger partial charge in [0.05, 0.1) is 12.2 Å². The lowest BCUT2D eigenvalue weighted by Crippen LogP contribution is -2.53. The van der Waals surface area contributed by atoms with Crippen molar-refractivity contribution in [3.63, 3.8) is 0 Å². The van der Waals surface area contributed by atoms with Crippen molar-refractivity contribution in [1.29, 1.82) is 0 Å². The van der Waals surface area contributed by atoms with Crippen LogP contribution >= 0.6 is 11.3 Å². The molecule has 220 valence electrons. The van der Waals surface area contributed by atoms with E-state index in [9.17, 15) is 24.2 Å². The van der Waals surface area contributed by atoms with Crippen molar-refractivity contribution in [3.05, 3.63) is 64.1 Å². The second kappa shape index (κ2) is 16.0. The van der Waals surface area contributed by atoms with E-state index in [1.54, 1.807) is 23.1 Å². The summed E-state index contributed by atoms with van der Waals surface area (Å²) >= 11 is 1.53. The summed E-state index contributed by atoms with van der Waals surface area (Å²) in [5.74, 6) is -1.23. The maximum Gasteiger partial charge on any atom is 0.256 e. The molecule has 2 N–H and O–H groups in total. The van der Waals surface area contributed by atoms with Gasteiger partial charge in [-0.15, -0.1) is 11.3 Å². The van der Waals surface area contributed by atoms with Gasteiger partial charge in [-0.3, -0.25) is 9.59 Å². The molecule has 0 radical (unpaired) electrons. The first-order chi connectivity index (χ1) is 19.2. The molecule has 1 aliphatic heterocycles. The van der Waals surface area contributed by atoms with Gasteiger partial charge in [-0.25, -0.2) is 4.39 Å². The van der Waals surface area contributed by atoms with E-state index < -0.39 is 30.0 Å². The van der Waals surface area contributed by atoms with Crippen LogP contribution in [0.15, 0.2) is 47.9 Å². The van der Waals surface area contributed by atoms with Crippen LogP contribution < -0.4 is 0 Å². The van der Waals surface area contributed by atoms with Gasteiger partial charge in [0.25, 0.3) is 5.91 Å². The quantitative estimate of drug-likeness (QED) is 0.507. The fraction of sp³-hybridized carbons (Fsp3) is 0.533. The number of nitrogens with zero attached hydrogens (tertiary/aromatic N) is 2. The number of amides is 2. The normalized spacial score (nSPS) is 23.9. The minimum Gasteiger partial charge on any atom is -0.388 e. The predicted octanol–water partition coefficient (Wildman–Crippen LogP) is 3.83. The Bertz CT molecular complexity index is 1100. The maximum atomic E-state index is 14.7. The first kappa shape index (κ1) is 31.9. The van der Waals surface area contributed by atoms with Crippen LogP contribution in [0.5, 0.6) is 0 Å². The number of carbonyl (C=O) groups is 2. The van der Waals surface area contributed by atoms with Gasteiger partial charge in [0, 0.05) is 50.3 Å². The molecule has 1 saturated heterocycles. The molecule has 0 bridgehead atoms. The number of halogens is 1. The zero-order valence-electron chi connectivity index (χ0n) is 23.4. The van der Waals surface area contributed by atoms with Gasteiger partial charge in [-0.2, -0.15) is 0 Å². The highest BCUT2D eigenvalue weighted by atomic mass is 32.1. The van der Waals surface area contributed by atoms with Crippen molar-refractivity contribution in [2.24, 2.45) is 5.92 Å². The number of methoxy groups -OCH3 is 1. The highest BCUT2D eigenvalue weighted by Gasteiger charge is 2.34. The molecule has 40 heavy (non-hydrogen) atoms. The summed E-state index contributed by atoms with van der Waals surface area (Å²) in [7, 11) is 1.38. The molecule has 0 unspecified atom stereocenters. The van der Waals surface area contributed by atoms with Crippen LogP contribution in [0.1, 0.15) is 48.3 Å². The van der Waals surface area contributed by atoms with Crippen molar-refractivity contribution in [2.45, 2.75) is 57.5 Å². The third-order valence-corrected chi connectivity index (χ3v) is 7.77. The number of hydrogen-bond acceptors (Lipinski definition) is 7. The zero-order chi connectivity index (χ0) is 29.1. The van der Waals surface area contributed by atoms with E-state index in [4.69, 9.17) is 9.47 Å². The number of benzene rings is 1. The van der Waals surface area contributed by atoms with Crippen molar-refractivity contribution in [3.8, 4) is 0 Å². The molecular formula is C30H41FN2O6S. The Morgan fingerprint density at radius 2 is 1.95 bits per heavy atom. The molecule has 3 rings (SSSR count). The third-order valence-electron chi connectivity index (χ3n) is 6.93. The number of aliphatic hydroxyl groups excluding tert-OH is 2. The van der Waals surface area contributed by atoms with Crippen LogP contribution in [0.2, 0.25) is 0 Å². The smallest absolute Gasteiger partial charge is 0.256 e. The minimum absolute atomic E-state index is 0.100. The number of thiophene rings is 1. The molecule has 10 heteroatoms. The summed E-state index contributed by atoms with van der Waals surface area (Å²) in [6.07, 6.45) is 1.67. The van der Waals surface area contributed by atoms with Gasteiger partial charge in [0.2, 0.25) is 5.91 Å². The van der Waals surface area contributed by atoms with E-state index in [1.807, 2.05) is 31.4 Å². The van der Waals surface area contributed by atoms with Gasteiger partial charge in [-0.05, 0) is 54.8 Å². The Kier molecular flexibility index (Phi) is 12.7. The molecule has 0 aliphatic carbocycles. The lowest BCUT2D eigenvalue weighted by molar-refractivity contribution is -0.130. The molecule has 4 atom stereocenters. The largest absolute Gasteiger partial charge is 0.388 e. The van der Waals surface area contributed by atoms with Crippen LogP contribution in [-0.4, -0.2) is 96.1 Å². The first-order valence-electron chi connectivity index (χ1n) is 13.7. The predicted molar refractivity (Wildman–Crippen MR) is 153 cm³/mol. The summed E-state index contributed by atoms with van der Waals surface area (Å²) in [5.41, 5.74) is -0.115. The topological polar surface area (TPSA) is 99.5 Å². The molecule has 8 nitrogen and oxygen atoms in total. The first-order valence-corrected chi connectivity index (χ1v) is 14.6. The molecule has 2 aromatic rings. The van der Waals surface area contributed by atoms with Crippen LogP contribution in [0.25, 0.3) is 6.08 Å². The zero-order valence-corrected chi connectivity index (χ0v) is 24.3. The van der Waals surface area contributed by atoms with Crippen LogP contribution in [0.3, 0.4) is 0 Å². The molecule has 0 spiro atoms. The SMILES string of the molecule is CO[C@@H]1CN(C(=O)c2ccccc2F)C[C@@H](CC(C)C)N(C(=O)/C=C/c2cccs2)CCCCOC[C@@H](O)[C@H]1O. The molecule has 1 fully saturated rings. The highest BCUT2D eigenvalue weighted by Crippen LogP contribution is 2.21. The lowest BCUT2D eigenvalue weighted by Gasteiger charge is -2.38. The Labute approximate surface area is 240 Å². The van der Waals surface area contributed by atoms with Crippen molar-refractivity contribution < 1.29 is 33.7 Å². The summed E-state index contributed by atoms with van der Waals surface area (Å²) in [4.78, 5) is 31.5. The van der Waals surface area contributed by atoms with E-state index in [0.717, 1.165) is 4.88 Å². The number of rotatable bonds is 6. The summed E-state index contributed by atoms with van der Waals surface area (Å²) in [5, 5.41) is 23.3. The second-order valence-corrected chi connectivity index (χ2v) is 11.4. The molecule has 2 heterocycles. The van der Waals surface area contributed by atoms with E-state index in [1.165, 1.54) is 41.5 Å². The molecule has 2 amide bonds. The number of hydrogen-bond donors (Lipinski definition) is 2. The molecule has 1 aliphatic rings. The van der Waals surface area contributed by atoms with Crippen LogP contribution in [0, 0.1) is 11.7 Å². The molecule has 0 saturated carbocycles. The average molecular weight is 577 g/mol. The second-order valence-electron chi connectivity index (χ2n) is 10.5.